The van der Waals surface area contributed by atoms with Gasteiger partial charge in [0.15, 0.2) is 5.17 Å². The molecule has 1 aliphatic heterocycles. The zero-order valence-corrected chi connectivity index (χ0v) is 9.34. The highest BCUT2D eigenvalue weighted by Crippen LogP contribution is 2.24. The average Bonchev–Trinajstić information content (AvgIpc) is 2.64. The summed E-state index contributed by atoms with van der Waals surface area (Å²) in [5, 5.41) is 8.68. The van der Waals surface area contributed by atoms with Crippen molar-refractivity contribution in [3.05, 3.63) is 16.3 Å². The van der Waals surface area contributed by atoms with Gasteiger partial charge in [-0.15, -0.1) is 11.3 Å². The maximum atomic E-state index is 4.48. The summed E-state index contributed by atoms with van der Waals surface area (Å²) >= 11 is 3.52. The number of thiophene rings is 1. The molecule has 2 rings (SSSR count). The molecule has 0 spiro atoms. The van der Waals surface area contributed by atoms with Crippen molar-refractivity contribution in [1.82, 2.24) is 0 Å². The van der Waals surface area contributed by atoms with Crippen LogP contribution in [-0.4, -0.2) is 17.0 Å². The van der Waals surface area contributed by atoms with Crippen LogP contribution in [0.15, 0.2) is 15.8 Å². The molecule has 13 heavy (non-hydrogen) atoms. The molecule has 2 heterocycles. The third-order valence-corrected chi connectivity index (χ3v) is 3.89. The molecule has 0 radical (unpaired) electrons. The lowest BCUT2D eigenvalue weighted by molar-refractivity contribution is 0.865. The summed E-state index contributed by atoms with van der Waals surface area (Å²) in [7, 11) is 0. The van der Waals surface area contributed by atoms with Gasteiger partial charge >= 0.3 is 0 Å². The molecule has 0 saturated carbocycles. The molecule has 2 nitrogen and oxygen atoms in total. The molecule has 4 heteroatoms. The SMILES string of the molecule is Cc1cscc1NC1=NC(C)CS1. The van der Waals surface area contributed by atoms with E-state index in [1.165, 1.54) is 11.3 Å². The minimum Gasteiger partial charge on any atom is -0.334 e. The average molecular weight is 212 g/mol. The second kappa shape index (κ2) is 3.72. The monoisotopic (exact) mass is 212 g/mol. The van der Waals surface area contributed by atoms with Crippen LogP contribution in [0.4, 0.5) is 5.69 Å². The van der Waals surface area contributed by atoms with E-state index < -0.39 is 0 Å². The first-order valence-electron chi connectivity index (χ1n) is 4.26. The fraction of sp³-hybridized carbons (Fsp3) is 0.444. The van der Waals surface area contributed by atoms with Gasteiger partial charge in [-0.3, -0.25) is 4.99 Å². The Morgan fingerprint density at radius 2 is 2.38 bits per heavy atom. The van der Waals surface area contributed by atoms with Crippen LogP contribution < -0.4 is 5.32 Å². The number of nitrogens with zero attached hydrogens (tertiary/aromatic N) is 1. The molecule has 1 N–H and O–H groups in total. The molecule has 1 aliphatic rings. The Kier molecular flexibility index (Phi) is 2.60. The zero-order valence-electron chi connectivity index (χ0n) is 7.70. The zero-order chi connectivity index (χ0) is 9.26. The van der Waals surface area contributed by atoms with E-state index in [-0.39, 0.29) is 0 Å². The van der Waals surface area contributed by atoms with Gasteiger partial charge in [-0.1, -0.05) is 11.8 Å². The van der Waals surface area contributed by atoms with Crippen molar-refractivity contribution < 1.29 is 0 Å². The molecule has 0 bridgehead atoms. The predicted molar refractivity (Wildman–Crippen MR) is 62.0 cm³/mol. The van der Waals surface area contributed by atoms with Gasteiger partial charge in [-0.25, -0.2) is 0 Å². The lowest BCUT2D eigenvalue weighted by atomic mass is 10.3. The Hall–Kier alpha value is -0.480. The Balaban J connectivity index is 2.07. The topological polar surface area (TPSA) is 24.4 Å². The molecule has 1 aromatic rings. The van der Waals surface area contributed by atoms with Gasteiger partial charge in [0.2, 0.25) is 0 Å². The Bertz CT molecular complexity index is 330. The summed E-state index contributed by atoms with van der Waals surface area (Å²) in [5.41, 5.74) is 2.50. The molecule has 1 atom stereocenters. The molecule has 0 amide bonds. The Morgan fingerprint density at radius 1 is 1.54 bits per heavy atom. The van der Waals surface area contributed by atoms with Crippen LogP contribution in [0.3, 0.4) is 0 Å². The number of hydrogen-bond donors (Lipinski definition) is 1. The maximum Gasteiger partial charge on any atom is 0.161 e. The largest absolute Gasteiger partial charge is 0.334 e. The number of nitrogens with one attached hydrogen (secondary N) is 1. The van der Waals surface area contributed by atoms with Gasteiger partial charge in [0.25, 0.3) is 0 Å². The fourth-order valence-electron chi connectivity index (χ4n) is 1.15. The van der Waals surface area contributed by atoms with Gasteiger partial charge < -0.3 is 5.32 Å². The van der Waals surface area contributed by atoms with Gasteiger partial charge in [-0.05, 0) is 24.8 Å². The van der Waals surface area contributed by atoms with E-state index in [1.54, 1.807) is 23.1 Å². The molecular weight excluding hydrogens is 200 g/mol. The lowest BCUT2D eigenvalue weighted by Gasteiger charge is -2.02. The van der Waals surface area contributed by atoms with Crippen molar-refractivity contribution in [3.63, 3.8) is 0 Å². The number of anilines is 1. The van der Waals surface area contributed by atoms with Gasteiger partial charge in [0, 0.05) is 11.1 Å². The van der Waals surface area contributed by atoms with Crippen LogP contribution in [0.25, 0.3) is 0 Å². The first-order valence-corrected chi connectivity index (χ1v) is 6.19. The van der Waals surface area contributed by atoms with Crippen molar-refractivity contribution in [3.8, 4) is 0 Å². The van der Waals surface area contributed by atoms with Gasteiger partial charge in [-0.2, -0.15) is 0 Å². The van der Waals surface area contributed by atoms with E-state index in [1.807, 2.05) is 0 Å². The van der Waals surface area contributed by atoms with E-state index in [4.69, 9.17) is 0 Å². The van der Waals surface area contributed by atoms with Crippen LogP contribution >= 0.6 is 23.1 Å². The van der Waals surface area contributed by atoms with Crippen molar-refractivity contribution in [2.24, 2.45) is 4.99 Å². The summed E-state index contributed by atoms with van der Waals surface area (Å²) in [5.74, 6) is 1.10. The first-order chi connectivity index (χ1) is 6.25. The second-order valence-corrected chi connectivity index (χ2v) is 4.94. The minimum absolute atomic E-state index is 0.464. The number of aliphatic imine (C=N–C) groups is 1. The summed E-state index contributed by atoms with van der Waals surface area (Å²) in [6.45, 7) is 4.25. The van der Waals surface area contributed by atoms with E-state index in [2.05, 4.69) is 34.9 Å². The highest BCUT2D eigenvalue weighted by atomic mass is 32.2. The van der Waals surface area contributed by atoms with E-state index >= 15 is 0 Å². The highest BCUT2D eigenvalue weighted by Gasteiger charge is 2.14. The summed E-state index contributed by atoms with van der Waals surface area (Å²) in [4.78, 5) is 4.48. The van der Waals surface area contributed by atoms with Crippen LogP contribution in [0.1, 0.15) is 12.5 Å². The Labute approximate surface area is 86.5 Å². The lowest BCUT2D eigenvalue weighted by Crippen LogP contribution is -2.04. The van der Waals surface area contributed by atoms with Crippen molar-refractivity contribution in [2.45, 2.75) is 19.9 Å². The molecule has 70 valence electrons. The summed E-state index contributed by atoms with van der Waals surface area (Å²) < 4.78 is 0. The number of rotatable bonds is 1. The standard InChI is InChI=1S/C9H12N2S2/c1-6-3-12-5-8(6)11-9-10-7(2)4-13-9/h3,5,7H,4H2,1-2H3,(H,10,11). The van der Waals surface area contributed by atoms with Crippen molar-refractivity contribution in [1.29, 1.82) is 0 Å². The van der Waals surface area contributed by atoms with E-state index in [9.17, 15) is 0 Å². The number of amidine groups is 1. The van der Waals surface area contributed by atoms with Gasteiger partial charge in [0.05, 0.1) is 11.7 Å². The third kappa shape index (κ3) is 2.06. The maximum absolute atomic E-state index is 4.48. The quantitative estimate of drug-likeness (QED) is 0.774. The Morgan fingerprint density at radius 3 is 2.92 bits per heavy atom. The normalized spacial score (nSPS) is 21.7. The van der Waals surface area contributed by atoms with Crippen LogP contribution in [0, 0.1) is 6.92 Å². The van der Waals surface area contributed by atoms with Gasteiger partial charge in [0.1, 0.15) is 0 Å². The molecular formula is C9H12N2S2. The van der Waals surface area contributed by atoms with Crippen molar-refractivity contribution in [2.75, 3.05) is 11.1 Å². The molecule has 1 aromatic heterocycles. The number of aryl methyl sites for hydroxylation is 1. The van der Waals surface area contributed by atoms with Crippen LogP contribution in [0.5, 0.6) is 0 Å². The fourth-order valence-corrected chi connectivity index (χ4v) is 2.84. The third-order valence-electron chi connectivity index (χ3n) is 1.90. The number of thioether (sulfide) groups is 1. The van der Waals surface area contributed by atoms with E-state index in [0.717, 1.165) is 10.9 Å². The number of hydrogen-bond acceptors (Lipinski definition) is 4. The minimum atomic E-state index is 0.464. The predicted octanol–water partition coefficient (Wildman–Crippen LogP) is 2.96. The second-order valence-electron chi connectivity index (χ2n) is 3.19. The summed E-state index contributed by atoms with van der Waals surface area (Å²) in [6, 6.07) is 0.464. The molecule has 0 saturated heterocycles. The van der Waals surface area contributed by atoms with Crippen molar-refractivity contribution >= 4 is 34.0 Å². The van der Waals surface area contributed by atoms with Crippen LogP contribution in [0.2, 0.25) is 0 Å². The first kappa shape index (κ1) is 9.09. The molecule has 0 aromatic carbocycles. The summed E-state index contributed by atoms with van der Waals surface area (Å²) in [6.07, 6.45) is 0. The van der Waals surface area contributed by atoms with Crippen LogP contribution in [-0.2, 0) is 0 Å². The molecule has 1 unspecified atom stereocenters. The molecule has 0 fully saturated rings. The smallest absolute Gasteiger partial charge is 0.161 e. The molecule has 0 aliphatic carbocycles. The highest BCUT2D eigenvalue weighted by molar-refractivity contribution is 8.14. The van der Waals surface area contributed by atoms with E-state index in [0.29, 0.717) is 6.04 Å².